The summed E-state index contributed by atoms with van der Waals surface area (Å²) in [5.74, 6) is -0.0289. The zero-order valence-corrected chi connectivity index (χ0v) is 10.1. The first-order chi connectivity index (χ1) is 7.04. The Morgan fingerprint density at radius 1 is 1.40 bits per heavy atom. The third kappa shape index (κ3) is 2.90. The van der Waals surface area contributed by atoms with Crippen LogP contribution in [-0.2, 0) is 15.5 Å². The van der Waals surface area contributed by atoms with Crippen molar-refractivity contribution < 1.29 is 8.42 Å². The summed E-state index contributed by atoms with van der Waals surface area (Å²) < 4.78 is 22.6. The smallest absolute Gasteiger partial charge is 0.232 e. The van der Waals surface area contributed by atoms with E-state index in [1.54, 1.807) is 16.8 Å². The van der Waals surface area contributed by atoms with E-state index in [1.165, 1.54) is 0 Å². The predicted molar refractivity (Wildman–Crippen MR) is 63.0 cm³/mol. The van der Waals surface area contributed by atoms with Crippen molar-refractivity contribution in [3.8, 4) is 0 Å². The van der Waals surface area contributed by atoms with Gasteiger partial charge in [-0.05, 0) is 24.1 Å². The summed E-state index contributed by atoms with van der Waals surface area (Å²) in [7, 11) is 1.74. The van der Waals surface area contributed by atoms with Crippen molar-refractivity contribution in [2.75, 3.05) is 5.75 Å². The molecule has 0 N–H and O–H groups in total. The van der Waals surface area contributed by atoms with Crippen molar-refractivity contribution in [2.24, 2.45) is 0 Å². The fraction of sp³-hybridized carbons (Fsp3) is 0.222. The highest BCUT2D eigenvalue weighted by molar-refractivity contribution is 8.13. The Hall–Kier alpha value is -0.650. The van der Waals surface area contributed by atoms with Gasteiger partial charge in [0.05, 0.1) is 21.5 Å². The van der Waals surface area contributed by atoms with Gasteiger partial charge in [-0.25, -0.2) is 13.4 Å². The highest BCUT2D eigenvalue weighted by atomic mass is 35.7. The molecule has 0 atom stereocenters. The molecule has 3 nitrogen and oxygen atoms in total. The molecule has 6 heteroatoms. The fourth-order valence-electron chi connectivity index (χ4n) is 1.29. The minimum absolute atomic E-state index is 0.0289. The third-order valence-corrected chi connectivity index (χ3v) is 3.98. The molecule has 0 fully saturated rings. The molecule has 1 aromatic heterocycles. The molecule has 15 heavy (non-hydrogen) atoms. The van der Waals surface area contributed by atoms with Gasteiger partial charge in [-0.3, -0.25) is 0 Å². The molecule has 1 heterocycles. The maximum Gasteiger partial charge on any atom is 0.232 e. The van der Waals surface area contributed by atoms with E-state index in [0.717, 1.165) is 15.8 Å². The SMILES string of the molecule is O=S(=O)(Cl)CCc1ccc2ncsc2c1. The number of aryl methyl sites for hydroxylation is 1. The summed E-state index contributed by atoms with van der Waals surface area (Å²) in [6.07, 6.45) is 0.444. The Kier molecular flexibility index (Phi) is 2.95. The van der Waals surface area contributed by atoms with E-state index in [-0.39, 0.29) is 5.75 Å². The Morgan fingerprint density at radius 3 is 2.93 bits per heavy atom. The number of benzene rings is 1. The Labute approximate surface area is 96.1 Å². The molecule has 2 rings (SSSR count). The second-order valence-electron chi connectivity index (χ2n) is 3.15. The van der Waals surface area contributed by atoms with Crippen LogP contribution < -0.4 is 0 Å². The standard InChI is InChI=1S/C9H8ClNO2S2/c10-15(12,13)4-3-7-1-2-8-9(5-7)14-6-11-8/h1-2,5-6H,3-4H2. The van der Waals surface area contributed by atoms with Crippen molar-refractivity contribution in [1.82, 2.24) is 4.98 Å². The minimum Gasteiger partial charge on any atom is -0.245 e. The van der Waals surface area contributed by atoms with Crippen LogP contribution in [0.25, 0.3) is 10.2 Å². The lowest BCUT2D eigenvalue weighted by Gasteiger charge is -1.98. The maximum absolute atomic E-state index is 10.8. The van der Waals surface area contributed by atoms with E-state index in [0.29, 0.717) is 6.42 Å². The van der Waals surface area contributed by atoms with Crippen molar-refractivity contribution in [2.45, 2.75) is 6.42 Å². The summed E-state index contributed by atoms with van der Waals surface area (Å²) in [5.41, 5.74) is 3.68. The first-order valence-electron chi connectivity index (χ1n) is 4.29. The summed E-state index contributed by atoms with van der Waals surface area (Å²) in [5, 5.41) is 0. The van der Waals surface area contributed by atoms with E-state index < -0.39 is 9.05 Å². The number of rotatable bonds is 3. The topological polar surface area (TPSA) is 47.0 Å². The molecule has 0 aliphatic rings. The van der Waals surface area contributed by atoms with E-state index >= 15 is 0 Å². The van der Waals surface area contributed by atoms with Gasteiger partial charge < -0.3 is 0 Å². The van der Waals surface area contributed by atoms with Gasteiger partial charge in [-0.15, -0.1) is 11.3 Å². The highest BCUT2D eigenvalue weighted by Crippen LogP contribution is 2.19. The Morgan fingerprint density at radius 2 is 2.20 bits per heavy atom. The van der Waals surface area contributed by atoms with E-state index in [9.17, 15) is 8.42 Å². The van der Waals surface area contributed by atoms with Crippen LogP contribution in [0.2, 0.25) is 0 Å². The van der Waals surface area contributed by atoms with Crippen LogP contribution in [-0.4, -0.2) is 19.2 Å². The lowest BCUT2D eigenvalue weighted by atomic mass is 10.2. The highest BCUT2D eigenvalue weighted by Gasteiger charge is 2.06. The molecule has 0 bridgehead atoms. The molecule has 0 aliphatic heterocycles. The second kappa shape index (κ2) is 4.08. The van der Waals surface area contributed by atoms with Crippen LogP contribution in [0, 0.1) is 0 Å². The molecular weight excluding hydrogens is 254 g/mol. The number of hydrogen-bond acceptors (Lipinski definition) is 4. The summed E-state index contributed by atoms with van der Waals surface area (Å²) in [6.45, 7) is 0. The molecule has 0 radical (unpaired) electrons. The Balaban J connectivity index is 2.21. The van der Waals surface area contributed by atoms with Crippen LogP contribution in [0.5, 0.6) is 0 Å². The zero-order valence-electron chi connectivity index (χ0n) is 7.68. The maximum atomic E-state index is 10.8. The van der Waals surface area contributed by atoms with Crippen molar-refractivity contribution >= 4 is 41.3 Å². The molecule has 0 amide bonds. The molecule has 2 aromatic rings. The first-order valence-corrected chi connectivity index (χ1v) is 7.65. The van der Waals surface area contributed by atoms with E-state index in [2.05, 4.69) is 4.98 Å². The quantitative estimate of drug-likeness (QED) is 0.797. The number of aromatic nitrogens is 1. The lowest BCUT2D eigenvalue weighted by Crippen LogP contribution is -2.00. The van der Waals surface area contributed by atoms with Crippen LogP contribution in [0.4, 0.5) is 0 Å². The van der Waals surface area contributed by atoms with Gasteiger partial charge in [-0.2, -0.15) is 0 Å². The lowest BCUT2D eigenvalue weighted by molar-refractivity contribution is 0.609. The monoisotopic (exact) mass is 261 g/mol. The number of fused-ring (bicyclic) bond motifs is 1. The van der Waals surface area contributed by atoms with Crippen LogP contribution in [0.3, 0.4) is 0 Å². The molecular formula is C9H8ClNO2S2. The summed E-state index contributed by atoms with van der Waals surface area (Å²) in [4.78, 5) is 4.14. The normalized spacial score (nSPS) is 12.1. The molecule has 0 spiro atoms. The number of hydrogen-bond donors (Lipinski definition) is 0. The van der Waals surface area contributed by atoms with Crippen molar-refractivity contribution in [3.05, 3.63) is 29.3 Å². The van der Waals surface area contributed by atoms with Gasteiger partial charge in [-0.1, -0.05) is 6.07 Å². The van der Waals surface area contributed by atoms with Crippen molar-refractivity contribution in [3.63, 3.8) is 0 Å². The predicted octanol–water partition coefficient (Wildman–Crippen LogP) is 2.41. The molecule has 1 aromatic carbocycles. The van der Waals surface area contributed by atoms with Crippen LogP contribution >= 0.6 is 22.0 Å². The number of halogens is 1. The van der Waals surface area contributed by atoms with E-state index in [4.69, 9.17) is 10.7 Å². The van der Waals surface area contributed by atoms with Crippen molar-refractivity contribution in [1.29, 1.82) is 0 Å². The van der Waals surface area contributed by atoms with Gasteiger partial charge in [0.25, 0.3) is 0 Å². The summed E-state index contributed by atoms with van der Waals surface area (Å²) >= 11 is 1.54. The zero-order chi connectivity index (χ0) is 10.9. The molecule has 80 valence electrons. The third-order valence-electron chi connectivity index (χ3n) is 2.03. The molecule has 0 saturated heterocycles. The second-order valence-corrected chi connectivity index (χ2v) is 6.93. The van der Waals surface area contributed by atoms with Gasteiger partial charge in [0, 0.05) is 10.7 Å². The summed E-state index contributed by atoms with van der Waals surface area (Å²) in [6, 6.07) is 5.72. The van der Waals surface area contributed by atoms with Gasteiger partial charge in [0.1, 0.15) is 0 Å². The molecule has 0 aliphatic carbocycles. The van der Waals surface area contributed by atoms with Crippen LogP contribution in [0.1, 0.15) is 5.56 Å². The molecule has 0 saturated carbocycles. The van der Waals surface area contributed by atoms with Gasteiger partial charge in [0.15, 0.2) is 0 Å². The van der Waals surface area contributed by atoms with Gasteiger partial charge >= 0.3 is 0 Å². The average molecular weight is 262 g/mol. The minimum atomic E-state index is -3.40. The van der Waals surface area contributed by atoms with Gasteiger partial charge in [0.2, 0.25) is 9.05 Å². The van der Waals surface area contributed by atoms with E-state index in [1.807, 2.05) is 18.2 Å². The van der Waals surface area contributed by atoms with Crippen LogP contribution in [0.15, 0.2) is 23.7 Å². The Bertz CT molecular complexity index is 577. The molecule has 0 unspecified atom stereocenters. The largest absolute Gasteiger partial charge is 0.245 e. The number of nitrogens with zero attached hydrogens (tertiary/aromatic N) is 1. The average Bonchev–Trinajstić information content (AvgIpc) is 2.60. The fourth-order valence-corrected chi connectivity index (χ4v) is 2.75. The number of thiazole rings is 1. The first kappa shape index (κ1) is 10.9.